The maximum Gasteiger partial charge on any atom is 0.307 e. The SMILES string of the molecule is O=C(O)C1CC1C(=O)N1CCCC1Cc1cccc(F)c1. The van der Waals surface area contributed by atoms with Crippen LogP contribution in [0.3, 0.4) is 0 Å². The monoisotopic (exact) mass is 291 g/mol. The van der Waals surface area contributed by atoms with Gasteiger partial charge < -0.3 is 10.0 Å². The largest absolute Gasteiger partial charge is 0.481 e. The number of carboxylic acid groups (broad SMARTS) is 1. The smallest absolute Gasteiger partial charge is 0.307 e. The van der Waals surface area contributed by atoms with Crippen LogP contribution in [0.5, 0.6) is 0 Å². The van der Waals surface area contributed by atoms with E-state index in [1.807, 2.05) is 6.07 Å². The summed E-state index contributed by atoms with van der Waals surface area (Å²) in [6.07, 6.45) is 2.91. The quantitative estimate of drug-likeness (QED) is 0.924. The second kappa shape index (κ2) is 5.47. The Morgan fingerprint density at radius 1 is 1.33 bits per heavy atom. The predicted octanol–water partition coefficient (Wildman–Crippen LogP) is 2.08. The summed E-state index contributed by atoms with van der Waals surface area (Å²) in [7, 11) is 0. The molecule has 2 aliphatic rings. The molecule has 4 nitrogen and oxygen atoms in total. The molecular weight excluding hydrogens is 273 g/mol. The Morgan fingerprint density at radius 2 is 2.14 bits per heavy atom. The molecule has 0 bridgehead atoms. The van der Waals surface area contributed by atoms with Gasteiger partial charge in [0.25, 0.3) is 0 Å². The summed E-state index contributed by atoms with van der Waals surface area (Å²) in [6, 6.07) is 6.50. The third-order valence-electron chi connectivity index (χ3n) is 4.45. The van der Waals surface area contributed by atoms with Crippen LogP contribution in [0.15, 0.2) is 24.3 Å². The zero-order valence-electron chi connectivity index (χ0n) is 11.7. The minimum atomic E-state index is -0.880. The standard InChI is InChI=1S/C16H18FNO3/c17-11-4-1-3-10(7-11)8-12-5-2-6-18(12)15(19)13-9-14(13)16(20)21/h1,3-4,7,12-14H,2,5-6,8-9H2,(H,20,21). The summed E-state index contributed by atoms with van der Waals surface area (Å²) in [5.41, 5.74) is 0.880. The molecule has 1 saturated heterocycles. The number of carbonyl (C=O) groups excluding carboxylic acids is 1. The van der Waals surface area contributed by atoms with Crippen molar-refractivity contribution in [1.29, 1.82) is 0 Å². The number of rotatable bonds is 4. The van der Waals surface area contributed by atoms with Crippen molar-refractivity contribution in [2.75, 3.05) is 6.54 Å². The van der Waals surface area contributed by atoms with E-state index in [2.05, 4.69) is 0 Å². The first-order chi connectivity index (χ1) is 10.1. The fourth-order valence-corrected chi connectivity index (χ4v) is 3.23. The van der Waals surface area contributed by atoms with Crippen LogP contribution in [0.25, 0.3) is 0 Å². The first-order valence-electron chi connectivity index (χ1n) is 7.34. The van der Waals surface area contributed by atoms with Crippen molar-refractivity contribution in [2.24, 2.45) is 11.8 Å². The van der Waals surface area contributed by atoms with E-state index in [-0.39, 0.29) is 23.7 Å². The van der Waals surface area contributed by atoms with Crippen LogP contribution in [-0.4, -0.2) is 34.5 Å². The molecule has 112 valence electrons. The van der Waals surface area contributed by atoms with E-state index in [1.165, 1.54) is 12.1 Å². The van der Waals surface area contributed by atoms with E-state index >= 15 is 0 Å². The molecule has 1 saturated carbocycles. The summed E-state index contributed by atoms with van der Waals surface area (Å²) < 4.78 is 13.2. The van der Waals surface area contributed by atoms with E-state index in [0.29, 0.717) is 19.4 Å². The zero-order chi connectivity index (χ0) is 15.0. The molecule has 0 aromatic heterocycles. The van der Waals surface area contributed by atoms with Crippen molar-refractivity contribution in [1.82, 2.24) is 4.90 Å². The Morgan fingerprint density at radius 3 is 2.81 bits per heavy atom. The van der Waals surface area contributed by atoms with Gasteiger partial charge in [0.2, 0.25) is 5.91 Å². The van der Waals surface area contributed by atoms with Gasteiger partial charge in [-0.1, -0.05) is 12.1 Å². The fraction of sp³-hybridized carbons (Fsp3) is 0.500. The third-order valence-corrected chi connectivity index (χ3v) is 4.45. The summed E-state index contributed by atoms with van der Waals surface area (Å²) in [5, 5.41) is 8.93. The van der Waals surface area contributed by atoms with Crippen molar-refractivity contribution in [2.45, 2.75) is 31.7 Å². The molecule has 1 aliphatic carbocycles. The van der Waals surface area contributed by atoms with Crippen molar-refractivity contribution in [3.63, 3.8) is 0 Å². The molecule has 1 aliphatic heterocycles. The highest BCUT2D eigenvalue weighted by Gasteiger charge is 2.51. The summed E-state index contributed by atoms with van der Waals surface area (Å²) in [4.78, 5) is 25.1. The van der Waals surface area contributed by atoms with Crippen LogP contribution in [0.1, 0.15) is 24.8 Å². The average Bonchev–Trinajstić information content (AvgIpc) is 3.12. The van der Waals surface area contributed by atoms with Gasteiger partial charge >= 0.3 is 5.97 Å². The van der Waals surface area contributed by atoms with E-state index in [1.54, 1.807) is 11.0 Å². The maximum atomic E-state index is 13.2. The average molecular weight is 291 g/mol. The Balaban J connectivity index is 1.66. The topological polar surface area (TPSA) is 57.6 Å². The van der Waals surface area contributed by atoms with Gasteiger partial charge in [0.15, 0.2) is 0 Å². The highest BCUT2D eigenvalue weighted by molar-refractivity contribution is 5.89. The molecule has 1 amide bonds. The van der Waals surface area contributed by atoms with Crippen LogP contribution >= 0.6 is 0 Å². The number of halogens is 1. The van der Waals surface area contributed by atoms with E-state index in [0.717, 1.165) is 18.4 Å². The van der Waals surface area contributed by atoms with Gasteiger partial charge in [-0.2, -0.15) is 0 Å². The summed E-state index contributed by atoms with van der Waals surface area (Å²) in [6.45, 7) is 0.682. The number of carbonyl (C=O) groups is 2. The molecule has 0 radical (unpaired) electrons. The Hall–Kier alpha value is -1.91. The molecule has 3 atom stereocenters. The molecule has 1 aromatic rings. The van der Waals surface area contributed by atoms with Crippen LogP contribution in [-0.2, 0) is 16.0 Å². The molecule has 1 heterocycles. The lowest BCUT2D eigenvalue weighted by molar-refractivity contribution is -0.142. The molecule has 2 fully saturated rings. The van der Waals surface area contributed by atoms with Crippen molar-refractivity contribution >= 4 is 11.9 Å². The van der Waals surface area contributed by atoms with Gasteiger partial charge in [-0.15, -0.1) is 0 Å². The lowest BCUT2D eigenvalue weighted by atomic mass is 10.0. The number of benzene rings is 1. The number of hydrogen-bond acceptors (Lipinski definition) is 2. The second-order valence-corrected chi connectivity index (χ2v) is 5.95. The minimum absolute atomic E-state index is 0.0405. The number of likely N-dealkylation sites (tertiary alicyclic amines) is 1. The molecule has 3 unspecified atom stereocenters. The molecule has 1 N–H and O–H groups in total. The van der Waals surface area contributed by atoms with Gasteiger partial charge in [-0.05, 0) is 43.4 Å². The van der Waals surface area contributed by atoms with Crippen LogP contribution in [0, 0.1) is 17.7 Å². The van der Waals surface area contributed by atoms with Crippen LogP contribution in [0.2, 0.25) is 0 Å². The van der Waals surface area contributed by atoms with Crippen molar-refractivity contribution in [3.05, 3.63) is 35.6 Å². The minimum Gasteiger partial charge on any atom is -0.481 e. The maximum absolute atomic E-state index is 13.2. The van der Waals surface area contributed by atoms with Crippen molar-refractivity contribution in [3.8, 4) is 0 Å². The second-order valence-electron chi connectivity index (χ2n) is 5.95. The molecule has 0 spiro atoms. The van der Waals surface area contributed by atoms with E-state index < -0.39 is 11.9 Å². The van der Waals surface area contributed by atoms with Gasteiger partial charge in [0.05, 0.1) is 11.8 Å². The van der Waals surface area contributed by atoms with Crippen LogP contribution < -0.4 is 0 Å². The Bertz CT molecular complexity index is 574. The van der Waals surface area contributed by atoms with E-state index in [9.17, 15) is 14.0 Å². The Labute approximate surface area is 122 Å². The lowest BCUT2D eigenvalue weighted by Crippen LogP contribution is -2.38. The number of hydrogen-bond donors (Lipinski definition) is 1. The van der Waals surface area contributed by atoms with Crippen LogP contribution in [0.4, 0.5) is 4.39 Å². The third kappa shape index (κ3) is 2.91. The first-order valence-corrected chi connectivity index (χ1v) is 7.34. The van der Waals surface area contributed by atoms with Gasteiger partial charge in [-0.25, -0.2) is 4.39 Å². The Kier molecular flexibility index (Phi) is 3.66. The lowest BCUT2D eigenvalue weighted by Gasteiger charge is -2.25. The summed E-state index contributed by atoms with van der Waals surface area (Å²) >= 11 is 0. The summed E-state index contributed by atoms with van der Waals surface area (Å²) in [5.74, 6) is -2.05. The highest BCUT2D eigenvalue weighted by Crippen LogP contribution is 2.41. The zero-order valence-corrected chi connectivity index (χ0v) is 11.7. The molecule has 3 rings (SSSR count). The molecule has 1 aromatic carbocycles. The number of aliphatic carboxylic acids is 1. The molecule has 5 heteroatoms. The number of carboxylic acids is 1. The highest BCUT2D eigenvalue weighted by atomic mass is 19.1. The first kappa shape index (κ1) is 14.0. The van der Waals surface area contributed by atoms with Gasteiger partial charge in [0.1, 0.15) is 5.82 Å². The molecule has 21 heavy (non-hydrogen) atoms. The number of amides is 1. The molecular formula is C16H18FNO3. The fourth-order valence-electron chi connectivity index (χ4n) is 3.23. The van der Waals surface area contributed by atoms with Crippen molar-refractivity contribution < 1.29 is 19.1 Å². The van der Waals surface area contributed by atoms with Gasteiger partial charge in [-0.3, -0.25) is 9.59 Å². The van der Waals surface area contributed by atoms with Gasteiger partial charge in [0, 0.05) is 12.6 Å². The predicted molar refractivity (Wildman–Crippen MR) is 74.1 cm³/mol. The van der Waals surface area contributed by atoms with E-state index in [4.69, 9.17) is 5.11 Å². The number of nitrogens with zero attached hydrogens (tertiary/aromatic N) is 1. The normalized spacial score (nSPS) is 27.7.